The summed E-state index contributed by atoms with van der Waals surface area (Å²) in [6.07, 6.45) is -9.54. The number of halogens is 6. The minimum atomic E-state index is -4.77. The van der Waals surface area contributed by atoms with Crippen molar-refractivity contribution in [2.75, 3.05) is 13.1 Å². The first-order valence-electron chi connectivity index (χ1n) is 5.19. The van der Waals surface area contributed by atoms with Crippen LogP contribution in [0.4, 0.5) is 26.3 Å². The van der Waals surface area contributed by atoms with Crippen molar-refractivity contribution in [1.82, 2.24) is 5.32 Å². The molecular formula is C11H9F6N. The monoisotopic (exact) mass is 269 g/mol. The molecular weight excluding hydrogens is 260 g/mol. The summed E-state index contributed by atoms with van der Waals surface area (Å²) in [5, 5.41) is 2.68. The molecule has 0 spiro atoms. The molecule has 1 saturated heterocycles. The summed E-state index contributed by atoms with van der Waals surface area (Å²) < 4.78 is 76.5. The number of hydrogen-bond acceptors (Lipinski definition) is 1. The minimum absolute atomic E-state index is 0.135. The van der Waals surface area contributed by atoms with E-state index >= 15 is 0 Å². The Morgan fingerprint density at radius 2 is 1.33 bits per heavy atom. The molecule has 0 unspecified atom stereocenters. The lowest BCUT2D eigenvalue weighted by molar-refractivity contribution is -0.144. The molecule has 1 fully saturated rings. The molecule has 100 valence electrons. The van der Waals surface area contributed by atoms with E-state index in [2.05, 4.69) is 5.32 Å². The van der Waals surface area contributed by atoms with E-state index in [1.165, 1.54) is 0 Å². The third-order valence-electron chi connectivity index (χ3n) is 2.91. The second-order valence-corrected chi connectivity index (χ2v) is 4.12. The van der Waals surface area contributed by atoms with Gasteiger partial charge in [0.2, 0.25) is 0 Å². The molecule has 1 N–H and O–H groups in total. The fourth-order valence-electron chi connectivity index (χ4n) is 1.99. The largest absolute Gasteiger partial charge is 0.416 e. The maximum absolute atomic E-state index is 12.7. The third kappa shape index (κ3) is 2.31. The Hall–Kier alpha value is -1.24. The maximum atomic E-state index is 12.7. The first kappa shape index (κ1) is 13.2. The first-order valence-corrected chi connectivity index (χ1v) is 5.19. The Labute approximate surface area is 98.8 Å². The molecule has 1 aliphatic rings. The third-order valence-corrected chi connectivity index (χ3v) is 2.91. The van der Waals surface area contributed by atoms with E-state index in [1.54, 1.807) is 0 Å². The number of hydrogen-bond donors (Lipinski definition) is 1. The summed E-state index contributed by atoms with van der Waals surface area (Å²) in [6.45, 7) is 0.270. The van der Waals surface area contributed by atoms with Gasteiger partial charge in [0.1, 0.15) is 0 Å². The van der Waals surface area contributed by atoms with Crippen molar-refractivity contribution in [1.29, 1.82) is 0 Å². The molecule has 7 heteroatoms. The normalized spacial score (nSPS) is 17.7. The van der Waals surface area contributed by atoms with Gasteiger partial charge in [-0.2, -0.15) is 26.3 Å². The highest BCUT2D eigenvalue weighted by molar-refractivity contribution is 5.43. The van der Waals surface area contributed by atoms with Gasteiger partial charge in [-0.3, -0.25) is 0 Å². The highest BCUT2D eigenvalue weighted by Gasteiger charge is 2.43. The summed E-state index contributed by atoms with van der Waals surface area (Å²) in [5.41, 5.74) is -3.02. The van der Waals surface area contributed by atoms with Crippen molar-refractivity contribution in [3.63, 3.8) is 0 Å². The highest BCUT2D eigenvalue weighted by Crippen LogP contribution is 2.43. The van der Waals surface area contributed by atoms with Crippen LogP contribution in [-0.2, 0) is 12.4 Å². The summed E-state index contributed by atoms with van der Waals surface area (Å²) >= 11 is 0. The molecule has 1 aromatic rings. The molecule has 0 saturated carbocycles. The van der Waals surface area contributed by atoms with Crippen LogP contribution in [0.5, 0.6) is 0 Å². The summed E-state index contributed by atoms with van der Waals surface area (Å²) in [6, 6.07) is 2.19. The van der Waals surface area contributed by atoms with Crippen LogP contribution in [0, 0.1) is 0 Å². The van der Waals surface area contributed by atoms with Crippen molar-refractivity contribution in [3.8, 4) is 0 Å². The SMILES string of the molecule is FC(F)(F)c1cccc(C(F)(F)F)c1C1CNC1. The van der Waals surface area contributed by atoms with Gasteiger partial charge in [-0.1, -0.05) is 6.07 Å². The Bertz CT molecular complexity index is 412. The van der Waals surface area contributed by atoms with Crippen molar-refractivity contribution in [2.45, 2.75) is 18.3 Å². The van der Waals surface area contributed by atoms with E-state index in [-0.39, 0.29) is 13.1 Å². The van der Waals surface area contributed by atoms with Crippen LogP contribution >= 0.6 is 0 Å². The Morgan fingerprint density at radius 1 is 0.889 bits per heavy atom. The average Bonchev–Trinajstić information content (AvgIpc) is 2.11. The molecule has 0 aliphatic carbocycles. The number of rotatable bonds is 1. The number of nitrogens with one attached hydrogen (secondary N) is 1. The predicted molar refractivity (Wildman–Crippen MR) is 52.1 cm³/mol. The zero-order valence-corrected chi connectivity index (χ0v) is 8.99. The molecule has 0 bridgehead atoms. The van der Waals surface area contributed by atoms with Gasteiger partial charge in [-0.15, -0.1) is 0 Å². The minimum Gasteiger partial charge on any atom is -0.315 e. The van der Waals surface area contributed by atoms with Crippen LogP contribution in [0.25, 0.3) is 0 Å². The Morgan fingerprint density at radius 3 is 1.61 bits per heavy atom. The van der Waals surface area contributed by atoms with Crippen LogP contribution in [0.15, 0.2) is 18.2 Å². The number of benzene rings is 1. The van der Waals surface area contributed by atoms with Crippen molar-refractivity contribution >= 4 is 0 Å². The van der Waals surface area contributed by atoms with E-state index in [1.807, 2.05) is 0 Å². The molecule has 1 aliphatic heterocycles. The molecule has 2 rings (SSSR count). The molecule has 1 nitrogen and oxygen atoms in total. The average molecular weight is 269 g/mol. The fraction of sp³-hybridized carbons (Fsp3) is 0.455. The van der Waals surface area contributed by atoms with Crippen LogP contribution in [0.2, 0.25) is 0 Å². The quantitative estimate of drug-likeness (QED) is 0.770. The standard InChI is InChI=1S/C11H9F6N/c12-10(13,14)7-2-1-3-8(11(15,16)17)9(7)6-4-18-5-6/h1-3,6,18H,4-5H2. The molecule has 1 aromatic carbocycles. The molecule has 0 aromatic heterocycles. The van der Waals surface area contributed by atoms with E-state index in [9.17, 15) is 26.3 Å². The summed E-state index contributed by atoms with van der Waals surface area (Å²) in [7, 11) is 0. The molecule has 1 heterocycles. The molecule has 0 atom stereocenters. The van der Waals surface area contributed by atoms with Crippen LogP contribution < -0.4 is 5.32 Å². The Balaban J connectivity index is 2.61. The van der Waals surface area contributed by atoms with Gasteiger partial charge in [0.25, 0.3) is 0 Å². The second-order valence-electron chi connectivity index (χ2n) is 4.12. The lowest BCUT2D eigenvalue weighted by Crippen LogP contribution is -2.42. The van der Waals surface area contributed by atoms with Gasteiger partial charge < -0.3 is 5.32 Å². The number of alkyl halides is 6. The smallest absolute Gasteiger partial charge is 0.315 e. The molecule has 0 amide bonds. The van der Waals surface area contributed by atoms with Gasteiger partial charge in [0.05, 0.1) is 11.1 Å². The zero-order valence-electron chi connectivity index (χ0n) is 8.99. The van der Waals surface area contributed by atoms with Crippen molar-refractivity contribution in [2.24, 2.45) is 0 Å². The molecule has 18 heavy (non-hydrogen) atoms. The van der Waals surface area contributed by atoms with E-state index in [0.29, 0.717) is 12.1 Å². The van der Waals surface area contributed by atoms with Crippen LogP contribution in [-0.4, -0.2) is 13.1 Å². The Kier molecular flexibility index (Phi) is 3.04. The van der Waals surface area contributed by atoms with Crippen molar-refractivity contribution < 1.29 is 26.3 Å². The van der Waals surface area contributed by atoms with Gasteiger partial charge in [0, 0.05) is 19.0 Å². The van der Waals surface area contributed by atoms with Gasteiger partial charge in [-0.05, 0) is 17.7 Å². The maximum Gasteiger partial charge on any atom is 0.416 e. The van der Waals surface area contributed by atoms with E-state index in [0.717, 1.165) is 6.07 Å². The van der Waals surface area contributed by atoms with Crippen molar-refractivity contribution in [3.05, 3.63) is 34.9 Å². The van der Waals surface area contributed by atoms with Crippen LogP contribution in [0.1, 0.15) is 22.6 Å². The summed E-state index contributed by atoms with van der Waals surface area (Å²) in [5.74, 6) is -0.737. The first-order chi connectivity index (χ1) is 8.21. The van der Waals surface area contributed by atoms with E-state index in [4.69, 9.17) is 0 Å². The van der Waals surface area contributed by atoms with Gasteiger partial charge >= 0.3 is 12.4 Å². The van der Waals surface area contributed by atoms with Crippen LogP contribution in [0.3, 0.4) is 0 Å². The lowest BCUT2D eigenvalue weighted by Gasteiger charge is -2.32. The predicted octanol–water partition coefficient (Wildman–Crippen LogP) is 3.41. The topological polar surface area (TPSA) is 12.0 Å². The fourth-order valence-corrected chi connectivity index (χ4v) is 1.99. The molecule has 0 radical (unpaired) electrons. The summed E-state index contributed by atoms with van der Waals surface area (Å²) in [4.78, 5) is 0. The van der Waals surface area contributed by atoms with E-state index < -0.39 is 35.0 Å². The van der Waals surface area contributed by atoms with Gasteiger partial charge in [0.15, 0.2) is 0 Å². The highest BCUT2D eigenvalue weighted by atomic mass is 19.4. The second kappa shape index (κ2) is 4.15. The zero-order chi connectivity index (χ0) is 13.6. The lowest BCUT2D eigenvalue weighted by atomic mass is 9.85. The van der Waals surface area contributed by atoms with Gasteiger partial charge in [-0.25, -0.2) is 0 Å².